The normalized spacial score (nSPS) is 14.6. The molecule has 1 aromatic carbocycles. The minimum atomic E-state index is -0.318. The fraction of sp³-hybridized carbons (Fsp3) is 0.450. The van der Waals surface area contributed by atoms with Gasteiger partial charge in [0.05, 0.1) is 5.75 Å². The molecule has 150 valence electrons. The first kappa shape index (κ1) is 20.7. The number of carbonyl (C=O) groups excluding carboxylic acids is 1. The average molecular weight is 421 g/mol. The molecule has 0 spiro atoms. The Morgan fingerprint density at radius 2 is 2.11 bits per heavy atom. The molecule has 2 aromatic rings. The van der Waals surface area contributed by atoms with Crippen molar-refractivity contribution in [2.75, 3.05) is 5.75 Å². The maximum Gasteiger partial charge on any atom is 0.230 e. The molecule has 1 heterocycles. The van der Waals surface area contributed by atoms with Gasteiger partial charge in [0.25, 0.3) is 0 Å². The first-order chi connectivity index (χ1) is 13.4. The third-order valence-electron chi connectivity index (χ3n) is 4.42. The van der Waals surface area contributed by atoms with Crippen LogP contribution in [0.25, 0.3) is 0 Å². The smallest absolute Gasteiger partial charge is 0.230 e. The Morgan fingerprint density at radius 3 is 2.71 bits per heavy atom. The summed E-state index contributed by atoms with van der Waals surface area (Å²) < 4.78 is 8.03. The van der Waals surface area contributed by atoms with Crippen LogP contribution < -0.4 is 10.1 Å². The third kappa shape index (κ3) is 5.08. The van der Waals surface area contributed by atoms with Gasteiger partial charge in [-0.05, 0) is 56.9 Å². The number of nitrogens with zero attached hydrogens (tertiary/aromatic N) is 3. The zero-order valence-corrected chi connectivity index (χ0v) is 17.9. The number of amides is 1. The molecule has 3 rings (SSSR count). The van der Waals surface area contributed by atoms with Gasteiger partial charge in [0.1, 0.15) is 5.75 Å². The lowest BCUT2D eigenvalue weighted by Gasteiger charge is -2.17. The Bertz CT molecular complexity index is 856. The predicted octanol–water partition coefficient (Wildman–Crippen LogP) is 4.25. The van der Waals surface area contributed by atoms with Crippen molar-refractivity contribution in [1.82, 2.24) is 20.1 Å². The molecule has 8 heteroatoms. The van der Waals surface area contributed by atoms with Gasteiger partial charge in [-0.2, -0.15) is 0 Å². The van der Waals surface area contributed by atoms with Crippen LogP contribution in [0.1, 0.15) is 42.8 Å². The summed E-state index contributed by atoms with van der Waals surface area (Å²) in [6.07, 6.45) is 3.61. The van der Waals surface area contributed by atoms with E-state index in [1.54, 1.807) is 6.08 Å². The summed E-state index contributed by atoms with van der Waals surface area (Å²) in [5.74, 6) is 1.77. The summed E-state index contributed by atoms with van der Waals surface area (Å²) >= 11 is 7.61. The highest BCUT2D eigenvalue weighted by atomic mass is 35.5. The lowest BCUT2D eigenvalue weighted by molar-refractivity contribution is -0.118. The van der Waals surface area contributed by atoms with Crippen molar-refractivity contribution in [2.24, 2.45) is 0 Å². The molecule has 1 unspecified atom stereocenters. The Kier molecular flexibility index (Phi) is 6.67. The monoisotopic (exact) mass is 420 g/mol. The molecule has 6 nitrogen and oxygen atoms in total. The molecule has 0 saturated heterocycles. The van der Waals surface area contributed by atoms with Crippen molar-refractivity contribution in [3.8, 4) is 5.75 Å². The van der Waals surface area contributed by atoms with Crippen LogP contribution in [0.15, 0.2) is 29.9 Å². The van der Waals surface area contributed by atoms with E-state index >= 15 is 0 Å². The molecule has 1 fully saturated rings. The maximum atomic E-state index is 12.0. The molecule has 1 saturated carbocycles. The SMILES string of the molecule is C=CCn1c(SCC(=O)NC2CC2)nnc1C(C)Oc1cc(C)c(Cl)c(C)c1. The van der Waals surface area contributed by atoms with Crippen LogP contribution in [0, 0.1) is 13.8 Å². The summed E-state index contributed by atoms with van der Waals surface area (Å²) in [6.45, 7) is 10.2. The zero-order valence-electron chi connectivity index (χ0n) is 16.4. The van der Waals surface area contributed by atoms with Crippen molar-refractivity contribution in [3.05, 3.63) is 46.8 Å². The highest BCUT2D eigenvalue weighted by Crippen LogP contribution is 2.30. The molecule has 1 aliphatic carbocycles. The van der Waals surface area contributed by atoms with Crippen LogP contribution in [-0.2, 0) is 11.3 Å². The second kappa shape index (κ2) is 9.01. The van der Waals surface area contributed by atoms with Crippen molar-refractivity contribution >= 4 is 29.3 Å². The average Bonchev–Trinajstić information content (AvgIpc) is 3.36. The van der Waals surface area contributed by atoms with Crippen LogP contribution in [0.2, 0.25) is 5.02 Å². The summed E-state index contributed by atoms with van der Waals surface area (Å²) in [6, 6.07) is 4.19. The number of carbonyl (C=O) groups is 1. The van der Waals surface area contributed by atoms with Gasteiger partial charge >= 0.3 is 0 Å². The number of hydrogen-bond acceptors (Lipinski definition) is 5. The number of rotatable bonds is 9. The first-order valence-electron chi connectivity index (χ1n) is 9.28. The maximum absolute atomic E-state index is 12.0. The summed E-state index contributed by atoms with van der Waals surface area (Å²) in [5, 5.41) is 13.0. The Balaban J connectivity index is 1.72. The van der Waals surface area contributed by atoms with Gasteiger partial charge in [-0.15, -0.1) is 16.8 Å². The molecule has 1 aromatic heterocycles. The number of nitrogens with one attached hydrogen (secondary N) is 1. The topological polar surface area (TPSA) is 69.0 Å². The number of aromatic nitrogens is 3. The number of thioether (sulfide) groups is 1. The lowest BCUT2D eigenvalue weighted by Crippen LogP contribution is -2.27. The quantitative estimate of drug-likeness (QED) is 0.485. The number of hydrogen-bond donors (Lipinski definition) is 1. The van der Waals surface area contributed by atoms with E-state index < -0.39 is 0 Å². The number of benzene rings is 1. The molecule has 28 heavy (non-hydrogen) atoms. The van der Waals surface area contributed by atoms with E-state index in [2.05, 4.69) is 22.1 Å². The number of ether oxygens (including phenoxy) is 1. The van der Waals surface area contributed by atoms with Gasteiger partial charge in [-0.25, -0.2) is 0 Å². The fourth-order valence-corrected chi connectivity index (χ4v) is 3.74. The van der Waals surface area contributed by atoms with E-state index in [4.69, 9.17) is 16.3 Å². The van der Waals surface area contributed by atoms with Gasteiger partial charge < -0.3 is 10.1 Å². The Hall–Kier alpha value is -1.99. The lowest BCUT2D eigenvalue weighted by atomic mass is 10.1. The van der Waals surface area contributed by atoms with Crippen molar-refractivity contribution in [3.63, 3.8) is 0 Å². The molecular formula is C20H25ClN4O2S. The Morgan fingerprint density at radius 1 is 1.43 bits per heavy atom. The first-order valence-corrected chi connectivity index (χ1v) is 10.6. The molecule has 0 aliphatic heterocycles. The van der Waals surface area contributed by atoms with Crippen molar-refractivity contribution in [2.45, 2.75) is 57.5 Å². The second-order valence-electron chi connectivity index (χ2n) is 7.00. The van der Waals surface area contributed by atoms with Crippen LogP contribution in [0.4, 0.5) is 0 Å². The highest BCUT2D eigenvalue weighted by Gasteiger charge is 2.24. The largest absolute Gasteiger partial charge is 0.483 e. The molecule has 1 atom stereocenters. The van der Waals surface area contributed by atoms with E-state index in [-0.39, 0.29) is 12.0 Å². The minimum absolute atomic E-state index is 0.0265. The third-order valence-corrected chi connectivity index (χ3v) is 5.98. The van der Waals surface area contributed by atoms with Crippen LogP contribution in [-0.4, -0.2) is 32.5 Å². The summed E-state index contributed by atoms with van der Waals surface area (Å²) in [7, 11) is 0. The zero-order chi connectivity index (χ0) is 20.3. The van der Waals surface area contributed by atoms with Crippen molar-refractivity contribution in [1.29, 1.82) is 0 Å². The molecule has 1 N–H and O–H groups in total. The molecular weight excluding hydrogens is 396 g/mol. The van der Waals surface area contributed by atoms with Gasteiger partial charge in [-0.3, -0.25) is 9.36 Å². The fourth-order valence-electron chi connectivity index (χ4n) is 2.87. The van der Waals surface area contributed by atoms with Crippen LogP contribution in [0.5, 0.6) is 5.75 Å². The van der Waals surface area contributed by atoms with Gasteiger partial charge in [0, 0.05) is 17.6 Å². The van der Waals surface area contributed by atoms with E-state index in [0.717, 1.165) is 34.7 Å². The van der Waals surface area contributed by atoms with Crippen LogP contribution in [0.3, 0.4) is 0 Å². The van der Waals surface area contributed by atoms with E-state index in [0.29, 0.717) is 29.3 Å². The molecule has 0 radical (unpaired) electrons. The van der Waals surface area contributed by atoms with Gasteiger partial charge in [0.15, 0.2) is 17.1 Å². The highest BCUT2D eigenvalue weighted by molar-refractivity contribution is 7.99. The van der Waals surface area contributed by atoms with E-state index in [1.807, 2.05) is 37.5 Å². The molecule has 1 aliphatic rings. The van der Waals surface area contributed by atoms with Crippen LogP contribution >= 0.6 is 23.4 Å². The van der Waals surface area contributed by atoms with Gasteiger partial charge in [-0.1, -0.05) is 29.4 Å². The standard InChI is InChI=1S/C20H25ClN4O2S/c1-5-8-25-19(14(4)27-16-9-12(2)18(21)13(3)10-16)23-24-20(25)28-11-17(26)22-15-6-7-15/h5,9-10,14-15H,1,6-8,11H2,2-4H3,(H,22,26). The number of allylic oxidation sites excluding steroid dienone is 1. The van der Waals surface area contributed by atoms with Gasteiger partial charge in [0.2, 0.25) is 5.91 Å². The van der Waals surface area contributed by atoms with E-state index in [1.165, 1.54) is 11.8 Å². The van der Waals surface area contributed by atoms with E-state index in [9.17, 15) is 4.79 Å². The Labute approximate surface area is 174 Å². The summed E-state index contributed by atoms with van der Waals surface area (Å²) in [5.41, 5.74) is 1.93. The van der Waals surface area contributed by atoms with Crippen molar-refractivity contribution < 1.29 is 9.53 Å². The predicted molar refractivity (Wildman–Crippen MR) is 112 cm³/mol. The summed E-state index contributed by atoms with van der Waals surface area (Å²) in [4.78, 5) is 12.0. The molecule has 1 amide bonds. The second-order valence-corrected chi connectivity index (χ2v) is 8.32. The number of halogens is 1. The minimum Gasteiger partial charge on any atom is -0.483 e. The molecule has 0 bridgehead atoms. The number of aryl methyl sites for hydroxylation is 2.